The lowest BCUT2D eigenvalue weighted by molar-refractivity contribution is -0.274. The summed E-state index contributed by atoms with van der Waals surface area (Å²) in [4.78, 5) is 4.64. The number of aliphatic hydroxyl groups is 1. The Labute approximate surface area is 165 Å². The van der Waals surface area contributed by atoms with Crippen LogP contribution in [0.3, 0.4) is 0 Å². The molecule has 0 aromatic heterocycles. The maximum Gasteiger partial charge on any atom is 0.573 e. The van der Waals surface area contributed by atoms with E-state index in [-0.39, 0.29) is 11.7 Å². The zero-order chi connectivity index (χ0) is 20.4. The highest BCUT2D eigenvalue weighted by Crippen LogP contribution is 2.41. The van der Waals surface area contributed by atoms with E-state index in [9.17, 15) is 18.3 Å². The van der Waals surface area contributed by atoms with Crippen molar-refractivity contribution in [3.63, 3.8) is 0 Å². The molecule has 28 heavy (non-hydrogen) atoms. The number of rotatable bonds is 5. The smallest absolute Gasteiger partial charge is 0.406 e. The van der Waals surface area contributed by atoms with E-state index in [2.05, 4.69) is 28.5 Å². The molecule has 1 saturated heterocycles. The molecule has 158 valence electrons. The molecule has 1 N–H and O–H groups in total. The summed E-state index contributed by atoms with van der Waals surface area (Å²) < 4.78 is 42.1. The number of likely N-dealkylation sites (N-methyl/N-ethyl adjacent to an activating group) is 1. The summed E-state index contributed by atoms with van der Waals surface area (Å²) in [6.45, 7) is 5.55. The van der Waals surface area contributed by atoms with E-state index in [1.54, 1.807) is 6.07 Å². The van der Waals surface area contributed by atoms with E-state index >= 15 is 0 Å². The van der Waals surface area contributed by atoms with E-state index in [0.717, 1.165) is 44.5 Å². The molecule has 0 bridgehead atoms. The number of benzene rings is 1. The zero-order valence-electron chi connectivity index (χ0n) is 16.7. The van der Waals surface area contributed by atoms with Gasteiger partial charge in [-0.05, 0) is 44.5 Å². The molecule has 2 atom stereocenters. The molecule has 3 rings (SSSR count). The number of halogens is 3. The van der Waals surface area contributed by atoms with E-state index in [1.165, 1.54) is 12.1 Å². The highest BCUT2D eigenvalue weighted by molar-refractivity contribution is 5.33. The number of hydrogen-bond donors (Lipinski definition) is 1. The van der Waals surface area contributed by atoms with Gasteiger partial charge in [0.25, 0.3) is 0 Å². The first-order chi connectivity index (χ1) is 13.2. The van der Waals surface area contributed by atoms with Gasteiger partial charge < -0.3 is 14.7 Å². The van der Waals surface area contributed by atoms with Gasteiger partial charge in [-0.3, -0.25) is 4.90 Å². The molecule has 1 unspecified atom stereocenters. The SMILES string of the molecule is CC1CN(C[C@H](c2cccc(OC(F)(F)F)c2)C2(O)CCCCC2)CCN1C. The Morgan fingerprint density at radius 2 is 1.93 bits per heavy atom. The molecule has 1 heterocycles. The average molecular weight is 400 g/mol. The maximum absolute atomic E-state index is 12.7. The molecule has 0 radical (unpaired) electrons. The van der Waals surface area contributed by atoms with Crippen LogP contribution in [0.4, 0.5) is 13.2 Å². The number of hydrogen-bond acceptors (Lipinski definition) is 4. The number of ether oxygens (including phenoxy) is 1. The van der Waals surface area contributed by atoms with E-state index in [1.807, 2.05) is 6.07 Å². The third-order valence-corrected chi connectivity index (χ3v) is 6.35. The monoisotopic (exact) mass is 400 g/mol. The summed E-state index contributed by atoms with van der Waals surface area (Å²) in [6.07, 6.45) is -0.354. The van der Waals surface area contributed by atoms with Crippen molar-refractivity contribution >= 4 is 0 Å². The topological polar surface area (TPSA) is 35.9 Å². The first-order valence-electron chi connectivity index (χ1n) is 10.2. The minimum Gasteiger partial charge on any atom is -0.406 e. The van der Waals surface area contributed by atoms with Gasteiger partial charge in [-0.2, -0.15) is 0 Å². The van der Waals surface area contributed by atoms with E-state index in [4.69, 9.17) is 0 Å². The normalized spacial score (nSPS) is 25.4. The first kappa shape index (κ1) is 21.4. The summed E-state index contributed by atoms with van der Waals surface area (Å²) >= 11 is 0. The van der Waals surface area contributed by atoms with Gasteiger partial charge in [-0.1, -0.05) is 31.4 Å². The first-order valence-corrected chi connectivity index (χ1v) is 10.2. The lowest BCUT2D eigenvalue weighted by Crippen LogP contribution is -2.53. The summed E-state index contributed by atoms with van der Waals surface area (Å²) in [5.41, 5.74) is -0.167. The fourth-order valence-electron chi connectivity index (χ4n) is 4.57. The molecular weight excluding hydrogens is 369 g/mol. The second kappa shape index (κ2) is 8.59. The fourth-order valence-corrected chi connectivity index (χ4v) is 4.57. The molecule has 0 spiro atoms. The summed E-state index contributed by atoms with van der Waals surface area (Å²) in [6, 6.07) is 6.58. The van der Waals surface area contributed by atoms with Crippen LogP contribution >= 0.6 is 0 Å². The minimum atomic E-state index is -4.72. The van der Waals surface area contributed by atoms with Crippen LogP contribution < -0.4 is 4.74 Å². The second-order valence-electron chi connectivity index (χ2n) is 8.43. The molecule has 1 aliphatic carbocycles. The van der Waals surface area contributed by atoms with Crippen molar-refractivity contribution in [1.29, 1.82) is 0 Å². The molecular formula is C21H31F3N2O2. The predicted molar refractivity (Wildman–Crippen MR) is 102 cm³/mol. The zero-order valence-corrected chi connectivity index (χ0v) is 16.7. The molecule has 0 amide bonds. The predicted octanol–water partition coefficient (Wildman–Crippen LogP) is 4.00. The Balaban J connectivity index is 1.85. The number of nitrogens with zero attached hydrogens (tertiary/aromatic N) is 2. The highest BCUT2D eigenvalue weighted by Gasteiger charge is 2.40. The van der Waals surface area contributed by atoms with Gasteiger partial charge in [-0.25, -0.2) is 0 Å². The van der Waals surface area contributed by atoms with Gasteiger partial charge in [0.2, 0.25) is 0 Å². The van der Waals surface area contributed by atoms with Crippen molar-refractivity contribution in [2.45, 2.75) is 63.0 Å². The minimum absolute atomic E-state index is 0.221. The van der Waals surface area contributed by atoms with Gasteiger partial charge in [0.05, 0.1) is 5.60 Å². The van der Waals surface area contributed by atoms with Crippen LogP contribution in [-0.2, 0) is 0 Å². The van der Waals surface area contributed by atoms with Crippen molar-refractivity contribution in [2.75, 3.05) is 33.2 Å². The van der Waals surface area contributed by atoms with E-state index in [0.29, 0.717) is 25.4 Å². The van der Waals surface area contributed by atoms with Gasteiger partial charge >= 0.3 is 6.36 Å². The fraction of sp³-hybridized carbons (Fsp3) is 0.714. The summed E-state index contributed by atoms with van der Waals surface area (Å²) in [7, 11) is 2.10. The number of piperazine rings is 1. The van der Waals surface area contributed by atoms with E-state index < -0.39 is 12.0 Å². The maximum atomic E-state index is 12.7. The van der Waals surface area contributed by atoms with Crippen molar-refractivity contribution in [3.8, 4) is 5.75 Å². The average Bonchev–Trinajstić information content (AvgIpc) is 2.62. The van der Waals surface area contributed by atoms with Gasteiger partial charge in [0.1, 0.15) is 5.75 Å². The van der Waals surface area contributed by atoms with Crippen molar-refractivity contribution in [1.82, 2.24) is 9.80 Å². The molecule has 1 aromatic carbocycles. The largest absolute Gasteiger partial charge is 0.573 e. The Morgan fingerprint density at radius 3 is 2.57 bits per heavy atom. The molecule has 1 saturated carbocycles. The third kappa shape index (κ3) is 5.39. The standard InChI is InChI=1S/C21H31F3N2O2/c1-16-14-26(12-11-25(16)2)15-19(20(27)9-4-3-5-10-20)17-7-6-8-18(13-17)28-21(22,23)24/h6-8,13,16,19,27H,3-5,9-12,14-15H2,1-2H3/t16?,19-/m1/s1. The van der Waals surface area contributed by atoms with Gasteiger partial charge in [0.15, 0.2) is 0 Å². The molecule has 1 aromatic rings. The quantitative estimate of drug-likeness (QED) is 0.811. The Hall–Kier alpha value is -1.31. The van der Waals surface area contributed by atoms with Crippen LogP contribution in [0.25, 0.3) is 0 Å². The van der Waals surface area contributed by atoms with Gasteiger partial charge in [-0.15, -0.1) is 13.2 Å². The lowest BCUT2D eigenvalue weighted by atomic mass is 9.72. The van der Waals surface area contributed by atoms with Crippen LogP contribution in [0.5, 0.6) is 5.75 Å². The number of alkyl halides is 3. The van der Waals surface area contributed by atoms with Crippen molar-refractivity contribution in [2.24, 2.45) is 0 Å². The van der Waals surface area contributed by atoms with Crippen LogP contribution in [0, 0.1) is 0 Å². The Kier molecular flexibility index (Phi) is 6.57. The molecule has 2 aliphatic rings. The van der Waals surface area contributed by atoms with Crippen LogP contribution in [0.1, 0.15) is 50.5 Å². The van der Waals surface area contributed by atoms with Crippen molar-refractivity contribution < 1.29 is 23.0 Å². The Bertz CT molecular complexity index is 647. The third-order valence-electron chi connectivity index (χ3n) is 6.35. The lowest BCUT2D eigenvalue weighted by Gasteiger charge is -2.44. The molecule has 7 heteroatoms. The van der Waals surface area contributed by atoms with Crippen LogP contribution in [-0.4, -0.2) is 66.1 Å². The second-order valence-corrected chi connectivity index (χ2v) is 8.43. The molecule has 1 aliphatic heterocycles. The Morgan fingerprint density at radius 1 is 1.21 bits per heavy atom. The van der Waals surface area contributed by atoms with Crippen LogP contribution in [0.2, 0.25) is 0 Å². The summed E-state index contributed by atoms with van der Waals surface area (Å²) in [5, 5.41) is 11.5. The highest BCUT2D eigenvalue weighted by atomic mass is 19.4. The van der Waals surface area contributed by atoms with Crippen molar-refractivity contribution in [3.05, 3.63) is 29.8 Å². The van der Waals surface area contributed by atoms with Crippen LogP contribution in [0.15, 0.2) is 24.3 Å². The summed E-state index contributed by atoms with van der Waals surface area (Å²) in [5.74, 6) is -0.457. The van der Waals surface area contributed by atoms with Gasteiger partial charge in [0, 0.05) is 38.1 Å². The molecule has 4 nitrogen and oxygen atoms in total. The molecule has 2 fully saturated rings.